The molecule has 0 radical (unpaired) electrons. The van der Waals surface area contributed by atoms with Gasteiger partial charge in [-0.15, -0.1) is 0 Å². The largest absolute Gasteiger partial charge is 0.462 e. The van der Waals surface area contributed by atoms with Crippen LogP contribution in [-0.4, -0.2) is 125 Å². The molecule has 17 atom stereocenters. The van der Waals surface area contributed by atoms with Gasteiger partial charge in [-0.1, -0.05) is 48.5 Å². The number of halogens is 3. The predicted molar refractivity (Wildman–Crippen MR) is 315 cm³/mol. The number of hydrogen-bond acceptors (Lipinski definition) is 22. The molecule has 11 fully saturated rings. The first-order valence-corrected chi connectivity index (χ1v) is 32.5. The van der Waals surface area contributed by atoms with E-state index in [4.69, 9.17) is 33.2 Å². The Morgan fingerprint density at radius 3 is 1.38 bits per heavy atom. The zero-order valence-electron chi connectivity index (χ0n) is 56.2. The number of aliphatic hydroxyl groups excluding tert-OH is 1. The van der Waals surface area contributed by atoms with Crippen molar-refractivity contribution in [1.82, 2.24) is 0 Å². The van der Waals surface area contributed by atoms with Crippen molar-refractivity contribution in [3.63, 3.8) is 0 Å². The summed E-state index contributed by atoms with van der Waals surface area (Å²) in [6.07, 6.45) is 3.77. The maximum atomic E-state index is 12.5. The predicted octanol–water partition coefficient (Wildman–Crippen LogP) is 9.94. The summed E-state index contributed by atoms with van der Waals surface area (Å²) in [5.41, 5.74) is -7.26. The SMILES string of the molecule is CC1C(=O)OC(=O)C1C.CCC(C)(C)C(=O)OC1C2CC3C1OC(=O)C3(C#N)C2.CCC(C)(C)C(=O)OCC(=O)OC1C2CC3C1OC(=O)C3(C#N)C2.CCC1(C)CC(C)(C(F)(F)F)OC1=O.CCC1(C)CC(C)OC1=O.CCC1(C)CC2(CCC(O)CC2)OC1=O. The molecule has 11 rings (SSSR count). The molecule has 5 aliphatic carbocycles. The van der Waals surface area contributed by atoms with Crippen molar-refractivity contribution >= 4 is 59.7 Å². The van der Waals surface area contributed by atoms with Crippen LogP contribution in [0.25, 0.3) is 0 Å². The fourth-order valence-corrected chi connectivity index (χ4v) is 14.1. The Labute approximate surface area is 537 Å². The normalized spacial score (nSPS) is 39.5. The molecule has 4 bridgehead atoms. The van der Waals surface area contributed by atoms with Crippen molar-refractivity contribution in [3.05, 3.63) is 0 Å². The third-order valence-electron chi connectivity index (χ3n) is 22.3. The van der Waals surface area contributed by atoms with E-state index in [1.807, 2.05) is 62.3 Å². The Morgan fingerprint density at radius 2 is 1.03 bits per heavy atom. The lowest BCUT2D eigenvalue weighted by molar-refractivity contribution is -0.251. The van der Waals surface area contributed by atoms with Gasteiger partial charge in [0.2, 0.25) is 5.60 Å². The van der Waals surface area contributed by atoms with Crippen LogP contribution in [0.3, 0.4) is 0 Å². The van der Waals surface area contributed by atoms with Gasteiger partial charge in [-0.2, -0.15) is 23.7 Å². The highest BCUT2D eigenvalue weighted by molar-refractivity contribution is 5.96. The van der Waals surface area contributed by atoms with Crippen LogP contribution in [0, 0.1) is 96.1 Å². The highest BCUT2D eigenvalue weighted by Crippen LogP contribution is 2.64. The highest BCUT2D eigenvalue weighted by Gasteiger charge is 2.74. The lowest BCUT2D eigenvalue weighted by atomic mass is 9.73. The summed E-state index contributed by atoms with van der Waals surface area (Å²) < 4.78 is 83.7. The van der Waals surface area contributed by atoms with Gasteiger partial charge in [0.05, 0.1) is 57.2 Å². The van der Waals surface area contributed by atoms with Crippen molar-refractivity contribution in [3.8, 4) is 12.1 Å². The summed E-state index contributed by atoms with van der Waals surface area (Å²) >= 11 is 0. The molecule has 0 aromatic heterocycles. The highest BCUT2D eigenvalue weighted by atomic mass is 19.4. The fraction of sp³-hybridized carbons (Fsp3) is 0.821. The zero-order chi connectivity index (χ0) is 69.5. The average Bonchev–Trinajstić information content (AvgIpc) is 1.55. The van der Waals surface area contributed by atoms with Crippen LogP contribution >= 0.6 is 0 Å². The Bertz CT molecular complexity index is 2940. The summed E-state index contributed by atoms with van der Waals surface area (Å²) in [5.74, 6) is -4.69. The van der Waals surface area contributed by atoms with Gasteiger partial charge >= 0.3 is 65.9 Å². The monoisotopic (exact) mass is 1300 g/mol. The molecule has 5 saturated carbocycles. The molecule has 92 heavy (non-hydrogen) atoms. The van der Waals surface area contributed by atoms with Crippen LogP contribution < -0.4 is 0 Å². The number of nitrogens with zero attached hydrogens (tertiary/aromatic N) is 2. The number of rotatable bonds is 11. The lowest BCUT2D eigenvalue weighted by Gasteiger charge is -2.34. The first kappa shape index (κ1) is 74.7. The first-order valence-electron chi connectivity index (χ1n) is 32.5. The van der Waals surface area contributed by atoms with E-state index >= 15 is 0 Å². The van der Waals surface area contributed by atoms with Crippen LogP contribution in [-0.2, 0) is 90.6 Å². The standard InChI is InChI=1S/C17H21NO6.C15H19NO4.C12H20O3.C9H13F3O2.C8H14O2.C6H8O3/c1-4-16(2,3)14(20)22-7-11(19)23-12-9-5-10-13(12)24-15(21)17(10,6-9)8-18;1-4-14(2,3)12(17)19-10-8-5-9-11(10)20-13(18)15(9,6-8)7-16;1-3-11(2)8-12(15-10(11)14)6-4-9(13)5-7-12;1-4-7(2)5-8(3,9(10,11)12)14-6(7)13;1-4-8(3)5-6(2)10-7(8)9;1-3-4(2)6(8)9-5(3)7/h9-10,12-13H,4-7H2,1-3H3;8-11H,4-6H2,1-3H3;9,13H,3-8H2,1-2H3;4-5H2,1-3H3;6H,4-5H2,1-3H3;3-4H,1-2H3. The minimum absolute atomic E-state index is 0.0255. The van der Waals surface area contributed by atoms with E-state index in [2.05, 4.69) is 21.6 Å². The number of alkyl halides is 3. The number of esters is 10. The summed E-state index contributed by atoms with van der Waals surface area (Å²) in [7, 11) is 0. The molecule has 1 spiro atoms. The van der Waals surface area contributed by atoms with Gasteiger partial charge in [-0.3, -0.25) is 43.2 Å². The summed E-state index contributed by atoms with van der Waals surface area (Å²) in [4.78, 5) is 115. The minimum Gasteiger partial charge on any atom is -0.462 e. The molecule has 0 aromatic carbocycles. The van der Waals surface area contributed by atoms with E-state index in [9.17, 15) is 76.7 Å². The molecule has 22 nitrogen and oxygen atoms in total. The number of cyclic esters (lactones) is 4. The topological polar surface area (TPSA) is 322 Å². The van der Waals surface area contributed by atoms with Crippen molar-refractivity contribution in [1.29, 1.82) is 10.5 Å². The van der Waals surface area contributed by atoms with Crippen molar-refractivity contribution in [2.45, 2.75) is 268 Å². The van der Waals surface area contributed by atoms with Crippen LogP contribution in [0.15, 0.2) is 0 Å². The molecular formula is C67H95F3N2O20. The molecule has 6 saturated heterocycles. The van der Waals surface area contributed by atoms with Crippen LogP contribution in [0.5, 0.6) is 0 Å². The number of ether oxygens (including phenoxy) is 9. The molecule has 6 aliphatic heterocycles. The maximum Gasteiger partial charge on any atom is 0.428 e. The van der Waals surface area contributed by atoms with E-state index in [-0.39, 0.29) is 94.6 Å². The fourth-order valence-electron chi connectivity index (χ4n) is 14.1. The van der Waals surface area contributed by atoms with E-state index in [0.717, 1.165) is 64.7 Å². The summed E-state index contributed by atoms with van der Waals surface area (Å²) in [6.45, 7) is 28.0. The molecule has 0 amide bonds. The van der Waals surface area contributed by atoms with E-state index < -0.39 is 106 Å². The molecule has 11 aliphatic rings. The second-order valence-corrected chi connectivity index (χ2v) is 29.6. The van der Waals surface area contributed by atoms with Gasteiger partial charge in [-0.25, -0.2) is 4.79 Å². The van der Waals surface area contributed by atoms with Gasteiger partial charge in [0.25, 0.3) is 0 Å². The van der Waals surface area contributed by atoms with Crippen LogP contribution in [0.2, 0.25) is 0 Å². The summed E-state index contributed by atoms with van der Waals surface area (Å²) in [6, 6.07) is 4.25. The number of fused-ring (bicyclic) bond motifs is 2. The molecular weight excluding hydrogens is 1210 g/mol. The molecule has 25 heteroatoms. The Kier molecular flexibility index (Phi) is 22.0. The maximum absolute atomic E-state index is 12.5. The van der Waals surface area contributed by atoms with Crippen molar-refractivity contribution in [2.75, 3.05) is 6.61 Å². The Morgan fingerprint density at radius 1 is 0.598 bits per heavy atom. The van der Waals surface area contributed by atoms with E-state index in [0.29, 0.717) is 38.5 Å². The van der Waals surface area contributed by atoms with Gasteiger partial charge in [0, 0.05) is 36.5 Å². The first-order chi connectivity index (χ1) is 42.5. The minimum atomic E-state index is -4.49. The van der Waals surface area contributed by atoms with Gasteiger partial charge in [0.15, 0.2) is 17.4 Å². The Balaban J connectivity index is 0.000000181. The number of nitriles is 2. The molecule has 0 aromatic rings. The van der Waals surface area contributed by atoms with E-state index in [1.165, 1.54) is 6.92 Å². The van der Waals surface area contributed by atoms with Crippen LogP contribution in [0.4, 0.5) is 13.2 Å². The molecule has 1 N–H and O–H groups in total. The quantitative estimate of drug-likeness (QED) is 0.114. The average molecular weight is 1310 g/mol. The number of hydrogen-bond donors (Lipinski definition) is 1. The van der Waals surface area contributed by atoms with E-state index in [1.54, 1.807) is 34.6 Å². The number of carbonyl (C=O) groups excluding carboxylic acids is 10. The molecule has 514 valence electrons. The number of aliphatic hydroxyl groups is 1. The smallest absolute Gasteiger partial charge is 0.428 e. The zero-order valence-corrected chi connectivity index (χ0v) is 56.2. The van der Waals surface area contributed by atoms with Crippen LogP contribution in [0.1, 0.15) is 214 Å². The van der Waals surface area contributed by atoms with Crippen molar-refractivity contribution < 1.29 is 109 Å². The van der Waals surface area contributed by atoms with Crippen molar-refractivity contribution in [2.24, 2.45) is 73.4 Å². The second-order valence-electron chi connectivity index (χ2n) is 29.6. The second kappa shape index (κ2) is 27.2. The molecule has 17 unspecified atom stereocenters. The third-order valence-corrected chi connectivity index (χ3v) is 22.3. The van der Waals surface area contributed by atoms with Gasteiger partial charge in [-0.05, 0) is 152 Å². The summed E-state index contributed by atoms with van der Waals surface area (Å²) in [5, 5.41) is 28.1. The molecule has 6 heterocycles. The Hall–Kier alpha value is -6.37. The lowest BCUT2D eigenvalue weighted by Crippen LogP contribution is -2.42. The van der Waals surface area contributed by atoms with Gasteiger partial charge in [0.1, 0.15) is 36.1 Å². The van der Waals surface area contributed by atoms with Gasteiger partial charge < -0.3 is 47.7 Å². The third kappa shape index (κ3) is 14.3. The number of carbonyl (C=O) groups is 10.